The summed E-state index contributed by atoms with van der Waals surface area (Å²) in [6.07, 6.45) is -0.689. The Labute approximate surface area is 278 Å². The van der Waals surface area contributed by atoms with Crippen LogP contribution in [0.4, 0.5) is 0 Å². The van der Waals surface area contributed by atoms with E-state index in [1.54, 1.807) is 31.2 Å². The van der Waals surface area contributed by atoms with Crippen molar-refractivity contribution in [3.8, 4) is 5.75 Å². The molecule has 0 aliphatic carbocycles. The molecule has 0 aromatic heterocycles. The fourth-order valence-electron chi connectivity index (χ4n) is 4.63. The van der Waals surface area contributed by atoms with Crippen LogP contribution in [-0.4, -0.2) is 117 Å². The van der Waals surface area contributed by atoms with Crippen molar-refractivity contribution in [2.24, 2.45) is 10.3 Å². The standard InChI is InChI=1S/C29H36N4O13S2/c1-4-43-29(35)27(31-46-48(38,39)24-10-8-23(40-2)9-11-24)33-14-17-44-25(19-33)22-7-5-6-21(18-22)20-47(36,37)45-30-26(28(34)41-3)32-12-15-42-16-13-32/h5-11,18,25H,4,12-17,19-20H2,1-3H3. The zero-order valence-corrected chi connectivity index (χ0v) is 28.1. The number of oxime groups is 2. The van der Waals surface area contributed by atoms with Crippen LogP contribution in [-0.2, 0) is 63.1 Å². The maximum Gasteiger partial charge on any atom is 0.377 e. The van der Waals surface area contributed by atoms with Gasteiger partial charge in [-0.1, -0.05) is 24.3 Å². The summed E-state index contributed by atoms with van der Waals surface area (Å²) in [4.78, 5) is 27.8. The number of amidine groups is 2. The summed E-state index contributed by atoms with van der Waals surface area (Å²) >= 11 is 0. The van der Waals surface area contributed by atoms with Crippen molar-refractivity contribution in [3.05, 3.63) is 59.7 Å². The van der Waals surface area contributed by atoms with Crippen LogP contribution in [0.15, 0.2) is 63.7 Å². The van der Waals surface area contributed by atoms with Crippen molar-refractivity contribution in [3.63, 3.8) is 0 Å². The van der Waals surface area contributed by atoms with Crippen molar-refractivity contribution in [1.29, 1.82) is 0 Å². The van der Waals surface area contributed by atoms with Gasteiger partial charge in [-0.05, 0) is 52.6 Å². The fraction of sp³-hybridized carbons (Fsp3) is 0.448. The lowest BCUT2D eigenvalue weighted by Gasteiger charge is -2.34. The highest BCUT2D eigenvalue weighted by atomic mass is 32.2. The third-order valence-corrected chi connectivity index (χ3v) is 9.08. The number of hydrogen-bond donors (Lipinski definition) is 0. The SMILES string of the molecule is CCOC(=O)C(=NOS(=O)(=O)c1ccc(OC)cc1)N1CCOC(c2cccc(CS(=O)(=O)ON=C(C(=O)OC)N3CCOCC3)c2)C1. The predicted octanol–water partition coefficient (Wildman–Crippen LogP) is 1.02. The molecule has 2 aromatic carbocycles. The van der Waals surface area contributed by atoms with Crippen molar-refractivity contribution in [2.45, 2.75) is 23.7 Å². The number of carbonyl (C=O) groups excluding carboxylic acids is 2. The molecule has 4 rings (SSSR count). The summed E-state index contributed by atoms with van der Waals surface area (Å²) in [7, 11) is -6.13. The van der Waals surface area contributed by atoms with Gasteiger partial charge >= 0.3 is 32.2 Å². The molecule has 1 unspecified atom stereocenters. The van der Waals surface area contributed by atoms with Crippen LogP contribution in [0.1, 0.15) is 24.2 Å². The molecule has 2 heterocycles. The Kier molecular flexibility index (Phi) is 12.6. The minimum atomic E-state index is -4.40. The van der Waals surface area contributed by atoms with Gasteiger partial charge in [0.2, 0.25) is 0 Å². The summed E-state index contributed by atoms with van der Waals surface area (Å²) < 4.78 is 87.0. The molecule has 2 aromatic rings. The van der Waals surface area contributed by atoms with Gasteiger partial charge in [0.05, 0.1) is 47.2 Å². The molecule has 0 saturated carbocycles. The number of rotatable bonds is 10. The largest absolute Gasteiger partial charge is 0.497 e. The molecule has 17 nitrogen and oxygen atoms in total. The lowest BCUT2D eigenvalue weighted by Crippen LogP contribution is -2.46. The van der Waals surface area contributed by atoms with E-state index in [1.807, 2.05) is 0 Å². The molecule has 19 heteroatoms. The molecule has 2 fully saturated rings. The van der Waals surface area contributed by atoms with Crippen LogP contribution in [0.5, 0.6) is 5.75 Å². The van der Waals surface area contributed by atoms with E-state index in [2.05, 4.69) is 10.3 Å². The maximum atomic E-state index is 12.9. The second-order valence-corrected chi connectivity index (χ2v) is 13.3. The minimum absolute atomic E-state index is 0.00689. The molecule has 0 bridgehead atoms. The number of esters is 2. The monoisotopic (exact) mass is 712 g/mol. The second kappa shape index (κ2) is 16.6. The van der Waals surface area contributed by atoms with Crippen LogP contribution < -0.4 is 4.74 Å². The maximum absolute atomic E-state index is 12.9. The highest BCUT2D eigenvalue weighted by Crippen LogP contribution is 2.25. The van der Waals surface area contributed by atoms with Gasteiger partial charge in [-0.2, -0.15) is 16.8 Å². The third kappa shape index (κ3) is 9.78. The van der Waals surface area contributed by atoms with Crippen molar-refractivity contribution < 1.29 is 58.7 Å². The molecule has 0 amide bonds. The lowest BCUT2D eigenvalue weighted by molar-refractivity contribution is -0.136. The Morgan fingerprint density at radius 2 is 1.54 bits per heavy atom. The number of ether oxygens (including phenoxy) is 5. The van der Waals surface area contributed by atoms with Crippen LogP contribution in [0.25, 0.3) is 0 Å². The van der Waals surface area contributed by atoms with Crippen LogP contribution in [0.2, 0.25) is 0 Å². The van der Waals surface area contributed by atoms with Gasteiger partial charge in [-0.15, -0.1) is 0 Å². The minimum Gasteiger partial charge on any atom is -0.497 e. The van der Waals surface area contributed by atoms with E-state index in [0.29, 0.717) is 43.2 Å². The number of nitrogens with zero attached hydrogens (tertiary/aromatic N) is 4. The lowest BCUT2D eigenvalue weighted by atomic mass is 10.1. The average molecular weight is 713 g/mol. The Morgan fingerprint density at radius 1 is 0.875 bits per heavy atom. The first-order valence-corrected chi connectivity index (χ1v) is 17.6. The third-order valence-electron chi connectivity index (χ3n) is 6.98. The molecule has 0 N–H and O–H groups in total. The van der Waals surface area contributed by atoms with E-state index in [-0.39, 0.29) is 37.0 Å². The van der Waals surface area contributed by atoms with Gasteiger partial charge in [0.25, 0.3) is 11.7 Å². The fourth-order valence-corrected chi connectivity index (χ4v) is 6.18. The van der Waals surface area contributed by atoms with Crippen LogP contribution in [0, 0.1) is 0 Å². The number of methoxy groups -OCH3 is 2. The Hall–Kier alpha value is -4.46. The Bertz CT molecular complexity index is 1710. The van der Waals surface area contributed by atoms with Gasteiger partial charge in [0.15, 0.2) is 0 Å². The average Bonchev–Trinajstić information content (AvgIpc) is 3.09. The first-order chi connectivity index (χ1) is 23.0. The molecule has 48 heavy (non-hydrogen) atoms. The summed E-state index contributed by atoms with van der Waals surface area (Å²) in [6, 6.07) is 11.9. The summed E-state index contributed by atoms with van der Waals surface area (Å²) in [6.45, 7) is 3.07. The van der Waals surface area contributed by atoms with Gasteiger partial charge in [-0.3, -0.25) is 8.57 Å². The summed E-state index contributed by atoms with van der Waals surface area (Å²) in [5.41, 5.74) is 0.872. The molecular formula is C29H36N4O13S2. The van der Waals surface area contributed by atoms with Crippen molar-refractivity contribution >= 4 is 43.8 Å². The smallest absolute Gasteiger partial charge is 0.377 e. The molecule has 1 atom stereocenters. The normalized spacial score (nSPS) is 17.8. The van der Waals surface area contributed by atoms with Crippen LogP contribution in [0.3, 0.4) is 0 Å². The summed E-state index contributed by atoms with van der Waals surface area (Å²) in [5.74, 6) is -2.62. The van der Waals surface area contributed by atoms with E-state index in [1.165, 1.54) is 41.2 Å². The van der Waals surface area contributed by atoms with E-state index in [9.17, 15) is 26.4 Å². The Morgan fingerprint density at radius 3 is 2.21 bits per heavy atom. The van der Waals surface area contributed by atoms with E-state index in [0.717, 1.165) is 7.11 Å². The first kappa shape index (κ1) is 36.4. The molecule has 2 aliphatic rings. The van der Waals surface area contributed by atoms with E-state index < -0.39 is 49.9 Å². The van der Waals surface area contributed by atoms with E-state index in [4.69, 9.17) is 32.3 Å². The quantitative estimate of drug-likeness (QED) is 0.146. The summed E-state index contributed by atoms with van der Waals surface area (Å²) in [5, 5.41) is 7.28. The van der Waals surface area contributed by atoms with Gasteiger partial charge < -0.3 is 33.5 Å². The molecule has 2 aliphatic heterocycles. The zero-order chi connectivity index (χ0) is 34.7. The Balaban J connectivity index is 1.49. The number of morpholine rings is 2. The van der Waals surface area contributed by atoms with Gasteiger partial charge in [-0.25, -0.2) is 9.59 Å². The van der Waals surface area contributed by atoms with Crippen molar-refractivity contribution in [1.82, 2.24) is 9.80 Å². The van der Waals surface area contributed by atoms with Gasteiger partial charge in [0.1, 0.15) is 22.5 Å². The molecular weight excluding hydrogens is 676 g/mol. The second-order valence-electron chi connectivity index (χ2n) is 10.2. The van der Waals surface area contributed by atoms with Gasteiger partial charge in [0, 0.05) is 19.6 Å². The van der Waals surface area contributed by atoms with E-state index >= 15 is 0 Å². The molecule has 262 valence electrons. The highest BCUT2D eigenvalue weighted by Gasteiger charge is 2.31. The molecule has 2 saturated heterocycles. The predicted molar refractivity (Wildman–Crippen MR) is 168 cm³/mol. The van der Waals surface area contributed by atoms with Crippen LogP contribution >= 0.6 is 0 Å². The first-order valence-electron chi connectivity index (χ1n) is 14.6. The number of hydrogen-bond acceptors (Lipinski definition) is 15. The molecule has 0 spiro atoms. The number of carbonyl (C=O) groups is 2. The molecule has 0 radical (unpaired) electrons. The highest BCUT2D eigenvalue weighted by molar-refractivity contribution is 7.86. The zero-order valence-electron chi connectivity index (χ0n) is 26.5. The van der Waals surface area contributed by atoms with Crippen molar-refractivity contribution in [2.75, 3.05) is 66.8 Å². The number of benzene rings is 2. The topological polar surface area (TPSA) is 198 Å².